The minimum Gasteiger partial charge on any atom is -0.341 e. The van der Waals surface area contributed by atoms with Crippen molar-refractivity contribution in [3.63, 3.8) is 0 Å². The molecule has 2 aromatic rings. The summed E-state index contributed by atoms with van der Waals surface area (Å²) in [5, 5.41) is 0. The maximum Gasteiger partial charge on any atom is 0.264 e. The molecule has 1 aromatic heterocycles. The van der Waals surface area contributed by atoms with Crippen molar-refractivity contribution in [1.29, 1.82) is 0 Å². The third-order valence-corrected chi connectivity index (χ3v) is 4.23. The van der Waals surface area contributed by atoms with Crippen molar-refractivity contribution in [1.82, 2.24) is 9.97 Å². The molecule has 1 heterocycles. The van der Waals surface area contributed by atoms with E-state index in [1.807, 2.05) is 24.3 Å². The molecule has 2 N–H and O–H groups in total. The average Bonchev–Trinajstić information content (AvgIpc) is 2.69. The van der Waals surface area contributed by atoms with Crippen molar-refractivity contribution in [2.45, 2.75) is 12.2 Å². The fourth-order valence-corrected chi connectivity index (χ4v) is 3.10. The van der Waals surface area contributed by atoms with E-state index in [0.717, 1.165) is 16.9 Å². The van der Waals surface area contributed by atoms with Gasteiger partial charge in [-0.15, -0.1) is 0 Å². The number of rotatable bonds is 6. The number of fused-ring (bicyclic) bond motifs is 1. The van der Waals surface area contributed by atoms with Gasteiger partial charge in [-0.1, -0.05) is 12.1 Å². The summed E-state index contributed by atoms with van der Waals surface area (Å²) in [6.07, 6.45) is 0.448. The number of imidazole rings is 1. The normalized spacial score (nSPS) is 12.1. The number of hydrogen-bond acceptors (Lipinski definition) is 4. The first-order valence-corrected chi connectivity index (χ1v) is 8.27. The molecule has 0 aliphatic carbocycles. The Balaban J connectivity index is 1.80. The van der Waals surface area contributed by atoms with Crippen molar-refractivity contribution in [2.75, 3.05) is 11.5 Å². The van der Waals surface area contributed by atoms with E-state index in [2.05, 4.69) is 9.97 Å². The van der Waals surface area contributed by atoms with E-state index in [9.17, 15) is 8.42 Å². The summed E-state index contributed by atoms with van der Waals surface area (Å²) in [5.41, 5.74) is 1.94. The predicted octanol–water partition coefficient (Wildman–Crippen LogP) is 2.07. The molecule has 1 aromatic carbocycles. The third-order valence-electron chi connectivity index (χ3n) is 2.37. The maximum absolute atomic E-state index is 10.5. The molecule has 0 saturated heterocycles. The summed E-state index contributed by atoms with van der Waals surface area (Å²) >= 11 is 1.59. The molecule has 0 aliphatic heterocycles. The van der Waals surface area contributed by atoms with Gasteiger partial charge in [0, 0.05) is 0 Å². The third kappa shape index (κ3) is 4.01. The number of nitrogens with zero attached hydrogens (tertiary/aromatic N) is 1. The van der Waals surface area contributed by atoms with Crippen molar-refractivity contribution in [3.05, 3.63) is 30.1 Å². The number of nitrogens with one attached hydrogen (secondary N) is 1. The van der Waals surface area contributed by atoms with Gasteiger partial charge >= 0.3 is 0 Å². The molecule has 0 bridgehead atoms. The minimum atomic E-state index is -3.83. The molecular weight excluding hydrogens is 272 g/mol. The monoisotopic (exact) mass is 286 g/mol. The molecule has 0 saturated carbocycles. The maximum atomic E-state index is 10.5. The molecule has 98 valence electrons. The van der Waals surface area contributed by atoms with Crippen LogP contribution in [-0.2, 0) is 15.9 Å². The Bertz CT molecular complexity index is 589. The fraction of sp³-hybridized carbons (Fsp3) is 0.364. The molecule has 0 fully saturated rings. The largest absolute Gasteiger partial charge is 0.341 e. The van der Waals surface area contributed by atoms with Gasteiger partial charge in [0.25, 0.3) is 10.1 Å². The van der Waals surface area contributed by atoms with Crippen LogP contribution in [0.5, 0.6) is 0 Å². The molecule has 7 heteroatoms. The molecule has 0 atom stereocenters. The summed E-state index contributed by atoms with van der Waals surface area (Å²) in [7, 11) is -3.83. The number of benzene rings is 1. The molecule has 0 radical (unpaired) electrons. The minimum absolute atomic E-state index is 0.180. The lowest BCUT2D eigenvalue weighted by atomic mass is 10.3. The van der Waals surface area contributed by atoms with Crippen LogP contribution >= 0.6 is 11.8 Å². The van der Waals surface area contributed by atoms with E-state index < -0.39 is 10.1 Å². The van der Waals surface area contributed by atoms with Crippen molar-refractivity contribution < 1.29 is 13.0 Å². The fourth-order valence-electron chi connectivity index (χ4n) is 1.59. The second kappa shape index (κ2) is 5.73. The van der Waals surface area contributed by atoms with Crippen LogP contribution < -0.4 is 0 Å². The lowest BCUT2D eigenvalue weighted by Gasteiger charge is -1.98. The van der Waals surface area contributed by atoms with Crippen LogP contribution in [0.15, 0.2) is 24.3 Å². The zero-order valence-corrected chi connectivity index (χ0v) is 11.3. The SMILES string of the molecule is O=S(=O)(O)CCCSCc1nc2ccccc2[nH]1. The number of hydrogen-bond donors (Lipinski definition) is 2. The second-order valence-corrected chi connectivity index (χ2v) is 6.57. The Morgan fingerprint density at radius 1 is 1.33 bits per heavy atom. The zero-order valence-electron chi connectivity index (χ0n) is 9.67. The number of aromatic nitrogens is 2. The van der Waals surface area contributed by atoms with Gasteiger partial charge in [-0.3, -0.25) is 4.55 Å². The van der Waals surface area contributed by atoms with Crippen molar-refractivity contribution >= 4 is 32.9 Å². The smallest absolute Gasteiger partial charge is 0.264 e. The Hall–Kier alpha value is -1.05. The number of H-pyrrole nitrogens is 1. The van der Waals surface area contributed by atoms with Crippen molar-refractivity contribution in [2.24, 2.45) is 0 Å². The number of para-hydroxylation sites is 2. The number of aromatic amines is 1. The Morgan fingerprint density at radius 3 is 2.83 bits per heavy atom. The van der Waals surface area contributed by atoms with E-state index in [-0.39, 0.29) is 5.75 Å². The first-order chi connectivity index (χ1) is 8.54. The van der Waals surface area contributed by atoms with Crippen molar-refractivity contribution in [3.8, 4) is 0 Å². The quantitative estimate of drug-likeness (QED) is 0.627. The summed E-state index contributed by atoms with van der Waals surface area (Å²) < 4.78 is 29.6. The molecule has 0 spiro atoms. The Kier molecular flexibility index (Phi) is 4.26. The molecule has 18 heavy (non-hydrogen) atoms. The van der Waals surface area contributed by atoms with Crippen LogP contribution in [0, 0.1) is 0 Å². The lowest BCUT2D eigenvalue weighted by Crippen LogP contribution is -2.04. The summed E-state index contributed by atoms with van der Waals surface area (Å²) in [5.74, 6) is 2.09. The van der Waals surface area contributed by atoms with Gasteiger partial charge in [-0.25, -0.2) is 4.98 Å². The van der Waals surface area contributed by atoms with E-state index >= 15 is 0 Å². The standard InChI is InChI=1S/C11H14N2O3S2/c14-18(15,16)7-3-6-17-8-11-12-9-4-1-2-5-10(9)13-11/h1-2,4-5H,3,6-8H2,(H,12,13)(H,14,15,16). The van der Waals surface area contributed by atoms with Gasteiger partial charge in [0.15, 0.2) is 0 Å². The van der Waals surface area contributed by atoms with Crippen LogP contribution in [-0.4, -0.2) is 34.4 Å². The Morgan fingerprint density at radius 2 is 2.11 bits per heavy atom. The highest BCUT2D eigenvalue weighted by atomic mass is 32.2. The molecular formula is C11H14N2O3S2. The zero-order chi connectivity index (χ0) is 13.0. The van der Waals surface area contributed by atoms with Gasteiger partial charge in [0.2, 0.25) is 0 Å². The molecule has 5 nitrogen and oxygen atoms in total. The Labute approximate surface area is 110 Å². The highest BCUT2D eigenvalue weighted by Gasteiger charge is 2.05. The lowest BCUT2D eigenvalue weighted by molar-refractivity contribution is 0.482. The summed E-state index contributed by atoms with van der Waals surface area (Å²) in [4.78, 5) is 7.62. The highest BCUT2D eigenvalue weighted by Crippen LogP contribution is 2.15. The topological polar surface area (TPSA) is 83.1 Å². The van der Waals surface area contributed by atoms with Crippen LogP contribution in [0.3, 0.4) is 0 Å². The predicted molar refractivity (Wildman–Crippen MR) is 73.3 cm³/mol. The first kappa shape index (κ1) is 13.4. The first-order valence-electron chi connectivity index (χ1n) is 5.51. The highest BCUT2D eigenvalue weighted by molar-refractivity contribution is 7.98. The molecule has 2 rings (SSSR count). The van der Waals surface area contributed by atoms with Crippen LogP contribution in [0.2, 0.25) is 0 Å². The second-order valence-electron chi connectivity index (χ2n) is 3.89. The molecule has 0 amide bonds. The van der Waals surface area contributed by atoms with E-state index in [4.69, 9.17) is 4.55 Å². The average molecular weight is 286 g/mol. The van der Waals surface area contributed by atoms with Crippen LogP contribution in [0.4, 0.5) is 0 Å². The van der Waals surface area contributed by atoms with E-state index in [0.29, 0.717) is 17.9 Å². The van der Waals surface area contributed by atoms with Gasteiger partial charge in [0.05, 0.1) is 22.5 Å². The summed E-state index contributed by atoms with van der Waals surface area (Å²) in [6.45, 7) is 0. The van der Waals surface area contributed by atoms with E-state index in [1.54, 1.807) is 11.8 Å². The molecule has 0 aliphatic rings. The van der Waals surface area contributed by atoms with Gasteiger partial charge in [-0.05, 0) is 24.3 Å². The van der Waals surface area contributed by atoms with Crippen LogP contribution in [0.1, 0.15) is 12.2 Å². The van der Waals surface area contributed by atoms with Gasteiger partial charge in [0.1, 0.15) is 5.82 Å². The molecule has 0 unspecified atom stereocenters. The number of thioether (sulfide) groups is 1. The van der Waals surface area contributed by atoms with Gasteiger partial charge in [-0.2, -0.15) is 20.2 Å². The van der Waals surface area contributed by atoms with Crippen LogP contribution in [0.25, 0.3) is 11.0 Å². The van der Waals surface area contributed by atoms with Gasteiger partial charge < -0.3 is 4.98 Å². The summed E-state index contributed by atoms with van der Waals surface area (Å²) in [6, 6.07) is 7.79. The van der Waals surface area contributed by atoms with E-state index in [1.165, 1.54) is 0 Å².